The van der Waals surface area contributed by atoms with Crippen LogP contribution in [0.1, 0.15) is 22.6 Å². The van der Waals surface area contributed by atoms with Crippen molar-refractivity contribution in [3.63, 3.8) is 0 Å². The summed E-state index contributed by atoms with van der Waals surface area (Å²) in [6, 6.07) is 14.5. The van der Waals surface area contributed by atoms with E-state index in [9.17, 15) is 19.6 Å². The zero-order valence-electron chi connectivity index (χ0n) is 18.3. The quantitative estimate of drug-likeness (QED) is 0.473. The van der Waals surface area contributed by atoms with Crippen LogP contribution in [0.25, 0.3) is 0 Å². The lowest BCUT2D eigenvalue weighted by Crippen LogP contribution is -2.44. The van der Waals surface area contributed by atoms with E-state index in [4.69, 9.17) is 16.3 Å². The molecule has 7 nitrogen and oxygen atoms in total. The minimum atomic E-state index is -1.21. The van der Waals surface area contributed by atoms with Gasteiger partial charge in [-0.1, -0.05) is 59.3 Å². The normalized spacial score (nSPS) is 17.7. The van der Waals surface area contributed by atoms with Crippen molar-refractivity contribution in [3.05, 3.63) is 74.8 Å². The van der Waals surface area contributed by atoms with Crippen molar-refractivity contribution >= 4 is 46.8 Å². The summed E-state index contributed by atoms with van der Waals surface area (Å²) in [5.74, 6) is -3.73. The number of anilines is 1. The molecule has 33 heavy (non-hydrogen) atoms. The van der Waals surface area contributed by atoms with E-state index < -0.39 is 23.7 Å². The largest absolute Gasteiger partial charge is 0.468 e. The highest BCUT2D eigenvalue weighted by Gasteiger charge is 2.44. The second kappa shape index (κ2) is 10.6. The van der Waals surface area contributed by atoms with Gasteiger partial charge in [0, 0.05) is 16.6 Å². The first kappa shape index (κ1) is 24.4. The topological polar surface area (TPSA) is 108 Å². The van der Waals surface area contributed by atoms with E-state index in [1.807, 2.05) is 26.0 Å². The third-order valence-electron chi connectivity index (χ3n) is 5.24. The van der Waals surface area contributed by atoms with Crippen molar-refractivity contribution in [2.45, 2.75) is 19.8 Å². The molecule has 0 aromatic heterocycles. The number of thioether (sulfide) groups is 1. The van der Waals surface area contributed by atoms with E-state index in [1.54, 1.807) is 30.3 Å². The van der Waals surface area contributed by atoms with Crippen LogP contribution < -0.4 is 10.6 Å². The molecule has 2 N–H and O–H groups in total. The number of hydrogen-bond donors (Lipinski definition) is 2. The fourth-order valence-electron chi connectivity index (χ4n) is 3.51. The first-order chi connectivity index (χ1) is 15.7. The average molecular weight is 484 g/mol. The van der Waals surface area contributed by atoms with Gasteiger partial charge in [0.25, 0.3) is 0 Å². The Morgan fingerprint density at radius 2 is 1.91 bits per heavy atom. The summed E-state index contributed by atoms with van der Waals surface area (Å²) in [6.07, 6.45) is 0. The van der Waals surface area contributed by atoms with Crippen molar-refractivity contribution in [3.8, 4) is 6.07 Å². The molecular formula is C24H22ClN3O4S. The van der Waals surface area contributed by atoms with Crippen LogP contribution in [-0.2, 0) is 19.1 Å². The number of amides is 2. The molecule has 0 spiro atoms. The Balaban J connectivity index is 1.89. The van der Waals surface area contributed by atoms with Crippen LogP contribution in [0.3, 0.4) is 0 Å². The van der Waals surface area contributed by atoms with Crippen molar-refractivity contribution in [2.75, 3.05) is 18.2 Å². The number of hydrogen-bond acceptors (Lipinski definition) is 6. The lowest BCUT2D eigenvalue weighted by molar-refractivity contribution is -0.150. The third kappa shape index (κ3) is 5.56. The SMILES string of the molecule is COC(=O)[C@@H]1C(=O)NC(SCC(=O)Nc2cc(Cl)ccc2C)=C(C#N)[C@@H]1c1ccc(C)cc1. The number of carbonyl (C=O) groups is 3. The van der Waals surface area contributed by atoms with Gasteiger partial charge in [-0.25, -0.2) is 0 Å². The second-order valence-electron chi connectivity index (χ2n) is 7.53. The number of carbonyl (C=O) groups excluding carboxylic acids is 3. The average Bonchev–Trinajstić information content (AvgIpc) is 2.79. The molecule has 9 heteroatoms. The van der Waals surface area contributed by atoms with Crippen molar-refractivity contribution in [1.82, 2.24) is 5.32 Å². The molecule has 0 saturated carbocycles. The molecule has 2 atom stereocenters. The van der Waals surface area contributed by atoms with Gasteiger partial charge in [0.1, 0.15) is 5.92 Å². The van der Waals surface area contributed by atoms with Crippen molar-refractivity contribution < 1.29 is 19.1 Å². The maximum Gasteiger partial charge on any atom is 0.319 e. The molecule has 0 aliphatic carbocycles. The predicted octanol–water partition coefficient (Wildman–Crippen LogP) is 4.07. The molecule has 0 fully saturated rings. The zero-order valence-corrected chi connectivity index (χ0v) is 19.8. The summed E-state index contributed by atoms with van der Waals surface area (Å²) in [5.41, 5.74) is 3.27. The molecule has 1 aliphatic rings. The van der Waals surface area contributed by atoms with Crippen LogP contribution in [0, 0.1) is 31.1 Å². The number of ether oxygens (including phenoxy) is 1. The van der Waals surface area contributed by atoms with Crippen LogP contribution in [-0.4, -0.2) is 30.6 Å². The third-order valence-corrected chi connectivity index (χ3v) is 6.49. The second-order valence-corrected chi connectivity index (χ2v) is 8.95. The highest BCUT2D eigenvalue weighted by molar-refractivity contribution is 8.03. The fraction of sp³-hybridized carbons (Fsp3) is 0.250. The van der Waals surface area contributed by atoms with Gasteiger partial charge >= 0.3 is 5.97 Å². The molecule has 2 aromatic carbocycles. The molecule has 1 heterocycles. The number of rotatable bonds is 6. The molecule has 2 amide bonds. The van der Waals surface area contributed by atoms with E-state index in [1.165, 1.54) is 7.11 Å². The molecule has 2 aromatic rings. The summed E-state index contributed by atoms with van der Waals surface area (Å²) in [6.45, 7) is 3.76. The Morgan fingerprint density at radius 3 is 2.55 bits per heavy atom. The molecule has 0 saturated heterocycles. The maximum absolute atomic E-state index is 12.9. The van der Waals surface area contributed by atoms with E-state index >= 15 is 0 Å². The minimum Gasteiger partial charge on any atom is -0.468 e. The van der Waals surface area contributed by atoms with Gasteiger partial charge in [-0.15, -0.1) is 0 Å². The van der Waals surface area contributed by atoms with E-state index in [0.717, 1.165) is 22.9 Å². The highest BCUT2D eigenvalue weighted by Crippen LogP contribution is 2.40. The summed E-state index contributed by atoms with van der Waals surface area (Å²) in [7, 11) is 1.20. The Bertz CT molecular complexity index is 1170. The zero-order chi connectivity index (χ0) is 24.1. The molecule has 170 valence electrons. The van der Waals surface area contributed by atoms with Gasteiger partial charge in [-0.3, -0.25) is 14.4 Å². The van der Waals surface area contributed by atoms with Crippen LogP contribution in [0.5, 0.6) is 0 Å². The summed E-state index contributed by atoms with van der Waals surface area (Å²) in [4.78, 5) is 37.8. The van der Waals surface area contributed by atoms with Crippen LogP contribution in [0.4, 0.5) is 5.69 Å². The van der Waals surface area contributed by atoms with Crippen molar-refractivity contribution in [2.24, 2.45) is 5.92 Å². The molecule has 0 unspecified atom stereocenters. The number of methoxy groups -OCH3 is 1. The lowest BCUT2D eigenvalue weighted by Gasteiger charge is -2.31. The number of nitriles is 1. The number of nitrogens with zero attached hydrogens (tertiary/aromatic N) is 1. The predicted molar refractivity (Wildman–Crippen MR) is 127 cm³/mol. The minimum absolute atomic E-state index is 0.0593. The van der Waals surface area contributed by atoms with Gasteiger partial charge in [-0.05, 0) is 37.1 Å². The smallest absolute Gasteiger partial charge is 0.319 e. The number of halogens is 1. The Labute approximate surface area is 201 Å². The van der Waals surface area contributed by atoms with Crippen LogP contribution in [0.15, 0.2) is 53.1 Å². The Kier molecular flexibility index (Phi) is 7.79. The number of nitrogens with one attached hydrogen (secondary N) is 2. The van der Waals surface area contributed by atoms with Gasteiger partial charge in [0.15, 0.2) is 0 Å². The molecule has 0 bridgehead atoms. The summed E-state index contributed by atoms with van der Waals surface area (Å²) >= 11 is 7.03. The summed E-state index contributed by atoms with van der Waals surface area (Å²) in [5, 5.41) is 16.1. The lowest BCUT2D eigenvalue weighted by atomic mass is 9.78. The van der Waals surface area contributed by atoms with E-state index in [0.29, 0.717) is 16.3 Å². The highest BCUT2D eigenvalue weighted by atomic mass is 35.5. The maximum atomic E-state index is 12.9. The Hall–Kier alpha value is -3.28. The Morgan fingerprint density at radius 1 is 1.21 bits per heavy atom. The van der Waals surface area contributed by atoms with Gasteiger partial charge in [0.2, 0.25) is 11.8 Å². The number of benzene rings is 2. The van der Waals surface area contributed by atoms with Crippen molar-refractivity contribution in [1.29, 1.82) is 5.26 Å². The van der Waals surface area contributed by atoms with Gasteiger partial charge < -0.3 is 15.4 Å². The first-order valence-electron chi connectivity index (χ1n) is 10.0. The summed E-state index contributed by atoms with van der Waals surface area (Å²) < 4.78 is 4.84. The van der Waals surface area contributed by atoms with Gasteiger partial charge in [0.05, 0.1) is 29.5 Å². The monoisotopic (exact) mass is 483 g/mol. The molecular weight excluding hydrogens is 462 g/mol. The fourth-order valence-corrected chi connectivity index (χ4v) is 4.53. The van der Waals surface area contributed by atoms with E-state index in [2.05, 4.69) is 16.7 Å². The van der Waals surface area contributed by atoms with Crippen LogP contribution in [0.2, 0.25) is 5.02 Å². The van der Waals surface area contributed by atoms with E-state index in [-0.39, 0.29) is 22.3 Å². The molecule has 0 radical (unpaired) electrons. The number of aryl methyl sites for hydroxylation is 2. The molecule has 1 aliphatic heterocycles. The number of allylic oxidation sites excluding steroid dienone is 1. The standard InChI is InChI=1S/C24H22ClN3O4S/c1-13-4-7-15(8-5-13)20-17(11-26)23(28-22(30)21(20)24(31)32-3)33-12-19(29)27-18-10-16(25)9-6-14(18)2/h4-10,20-21H,12H2,1-3H3,(H,27,29)(H,28,30)/t20-,21-/m0/s1. The van der Waals surface area contributed by atoms with Crippen LogP contribution >= 0.6 is 23.4 Å². The van der Waals surface area contributed by atoms with Gasteiger partial charge in [-0.2, -0.15) is 5.26 Å². The first-order valence-corrected chi connectivity index (χ1v) is 11.4. The molecule has 3 rings (SSSR count). The number of esters is 1.